The number of aliphatic carboxylic acids is 1. The maximum absolute atomic E-state index is 12.5. The molecule has 2 N–H and O–H groups in total. The molecule has 1 aromatic carbocycles. The van der Waals surface area contributed by atoms with Crippen LogP contribution in [0, 0.1) is 5.41 Å². The Bertz CT molecular complexity index is 486. The lowest BCUT2D eigenvalue weighted by atomic mass is 9.73. The minimum Gasteiger partial charge on any atom is -0.480 e. The number of carboxylic acids is 1. The number of benzene rings is 1. The van der Waals surface area contributed by atoms with Crippen molar-refractivity contribution in [2.45, 2.75) is 38.5 Å². The van der Waals surface area contributed by atoms with Crippen LogP contribution in [-0.2, 0) is 9.59 Å². The number of carbonyl (C=O) groups excluding carboxylic acids is 1. The molecular weight excluding hydrogens is 254 g/mol. The number of hydrogen-bond acceptors (Lipinski definition) is 2. The van der Waals surface area contributed by atoms with E-state index in [9.17, 15) is 14.7 Å². The smallest absolute Gasteiger partial charge is 0.319 e. The summed E-state index contributed by atoms with van der Waals surface area (Å²) in [5.41, 5.74) is -0.365. The molecule has 1 saturated carbocycles. The van der Waals surface area contributed by atoms with Gasteiger partial charge in [-0.25, -0.2) is 0 Å². The molecule has 0 saturated heterocycles. The Morgan fingerprint density at radius 1 is 1.35 bits per heavy atom. The quantitative estimate of drug-likeness (QED) is 0.812. The molecule has 1 fully saturated rings. The molecule has 0 aliphatic heterocycles. The maximum Gasteiger partial charge on any atom is 0.319 e. The van der Waals surface area contributed by atoms with Crippen LogP contribution in [0.2, 0.25) is 0 Å². The van der Waals surface area contributed by atoms with Crippen molar-refractivity contribution < 1.29 is 14.7 Å². The first-order valence-corrected chi connectivity index (χ1v) is 7.19. The molecule has 0 heterocycles. The van der Waals surface area contributed by atoms with Gasteiger partial charge in [-0.2, -0.15) is 0 Å². The van der Waals surface area contributed by atoms with Crippen LogP contribution in [0.3, 0.4) is 0 Å². The first kappa shape index (κ1) is 14.6. The fraction of sp³-hybridized carbons (Fsp3) is 0.500. The second-order valence-electron chi connectivity index (χ2n) is 5.39. The van der Waals surface area contributed by atoms with Crippen LogP contribution in [-0.4, -0.2) is 23.5 Å². The first-order valence-electron chi connectivity index (χ1n) is 7.19. The standard InChI is InChI=1S/C16H21NO3/c1-2-11-17-14(18)16(15(19)20)10-6-9-13(16)12-7-4-3-5-8-12/h3-5,7-8,13H,2,6,9-11H2,1H3,(H,17,18)(H,19,20). The van der Waals surface area contributed by atoms with Gasteiger partial charge < -0.3 is 10.4 Å². The van der Waals surface area contributed by atoms with E-state index in [2.05, 4.69) is 5.32 Å². The predicted molar refractivity (Wildman–Crippen MR) is 76.4 cm³/mol. The molecule has 1 aliphatic rings. The summed E-state index contributed by atoms with van der Waals surface area (Å²) in [6.45, 7) is 2.48. The number of hydrogen-bond donors (Lipinski definition) is 2. The third kappa shape index (κ3) is 2.42. The SMILES string of the molecule is CCCNC(=O)C1(C(=O)O)CCCC1c1ccccc1. The Labute approximate surface area is 119 Å². The van der Waals surface area contributed by atoms with Gasteiger partial charge in [0.2, 0.25) is 5.91 Å². The summed E-state index contributed by atoms with van der Waals surface area (Å²) >= 11 is 0. The van der Waals surface area contributed by atoms with Gasteiger partial charge in [-0.05, 0) is 24.8 Å². The molecule has 2 atom stereocenters. The van der Waals surface area contributed by atoms with E-state index < -0.39 is 11.4 Å². The normalized spacial score (nSPS) is 25.4. The summed E-state index contributed by atoms with van der Waals surface area (Å²) in [5.74, 6) is -1.58. The molecule has 0 aromatic heterocycles. The van der Waals surface area contributed by atoms with E-state index in [1.54, 1.807) is 0 Å². The van der Waals surface area contributed by atoms with Crippen LogP contribution in [0.1, 0.15) is 44.1 Å². The van der Waals surface area contributed by atoms with Crippen LogP contribution in [0.25, 0.3) is 0 Å². The highest BCUT2D eigenvalue weighted by molar-refractivity contribution is 6.03. The molecule has 0 spiro atoms. The van der Waals surface area contributed by atoms with E-state index in [0.29, 0.717) is 13.0 Å². The van der Waals surface area contributed by atoms with Crippen molar-refractivity contribution in [1.82, 2.24) is 5.32 Å². The molecular formula is C16H21NO3. The number of nitrogens with one attached hydrogen (secondary N) is 1. The van der Waals surface area contributed by atoms with Crippen molar-refractivity contribution in [2.24, 2.45) is 5.41 Å². The molecule has 0 bridgehead atoms. The fourth-order valence-electron chi connectivity index (χ4n) is 3.16. The van der Waals surface area contributed by atoms with E-state index >= 15 is 0 Å². The molecule has 1 amide bonds. The molecule has 2 unspecified atom stereocenters. The Morgan fingerprint density at radius 2 is 2.05 bits per heavy atom. The largest absolute Gasteiger partial charge is 0.480 e. The first-order chi connectivity index (χ1) is 9.63. The summed E-state index contributed by atoms with van der Waals surface area (Å²) in [5, 5.41) is 12.5. The topological polar surface area (TPSA) is 66.4 Å². The molecule has 1 aromatic rings. The van der Waals surface area contributed by atoms with Crippen molar-refractivity contribution in [3.05, 3.63) is 35.9 Å². The Kier molecular flexibility index (Phi) is 4.42. The number of amides is 1. The molecule has 4 nitrogen and oxygen atoms in total. The molecule has 1 aliphatic carbocycles. The Morgan fingerprint density at radius 3 is 2.65 bits per heavy atom. The van der Waals surface area contributed by atoms with E-state index in [1.807, 2.05) is 37.3 Å². The Balaban J connectivity index is 2.35. The zero-order chi connectivity index (χ0) is 14.6. The van der Waals surface area contributed by atoms with Crippen molar-refractivity contribution >= 4 is 11.9 Å². The summed E-state index contributed by atoms with van der Waals surface area (Å²) in [6, 6.07) is 9.52. The highest BCUT2D eigenvalue weighted by atomic mass is 16.4. The van der Waals surface area contributed by atoms with E-state index in [1.165, 1.54) is 0 Å². The zero-order valence-corrected chi connectivity index (χ0v) is 11.8. The van der Waals surface area contributed by atoms with Crippen LogP contribution >= 0.6 is 0 Å². The second kappa shape index (κ2) is 6.07. The van der Waals surface area contributed by atoms with Crippen LogP contribution in [0.5, 0.6) is 0 Å². The van der Waals surface area contributed by atoms with Crippen molar-refractivity contribution in [1.29, 1.82) is 0 Å². The number of rotatable bonds is 5. The molecule has 20 heavy (non-hydrogen) atoms. The average Bonchev–Trinajstić information content (AvgIpc) is 2.91. The maximum atomic E-state index is 12.5. The van der Waals surface area contributed by atoms with Crippen LogP contribution in [0.15, 0.2) is 30.3 Å². The van der Waals surface area contributed by atoms with Crippen molar-refractivity contribution in [2.75, 3.05) is 6.54 Å². The fourth-order valence-corrected chi connectivity index (χ4v) is 3.16. The second-order valence-corrected chi connectivity index (χ2v) is 5.39. The van der Waals surface area contributed by atoms with Gasteiger partial charge in [0.05, 0.1) is 0 Å². The highest BCUT2D eigenvalue weighted by Crippen LogP contribution is 2.49. The lowest BCUT2D eigenvalue weighted by molar-refractivity contribution is -0.156. The molecule has 2 rings (SSSR count). The third-order valence-electron chi connectivity index (χ3n) is 4.18. The van der Waals surface area contributed by atoms with Gasteiger partial charge in [-0.3, -0.25) is 9.59 Å². The van der Waals surface area contributed by atoms with Gasteiger partial charge in [0.25, 0.3) is 0 Å². The van der Waals surface area contributed by atoms with Crippen molar-refractivity contribution in [3.63, 3.8) is 0 Å². The van der Waals surface area contributed by atoms with E-state index in [-0.39, 0.29) is 11.8 Å². The Hall–Kier alpha value is -1.84. The summed E-state index contributed by atoms with van der Waals surface area (Å²) in [4.78, 5) is 24.3. The van der Waals surface area contributed by atoms with Gasteiger partial charge in [-0.15, -0.1) is 0 Å². The summed E-state index contributed by atoms with van der Waals surface area (Å²) < 4.78 is 0. The van der Waals surface area contributed by atoms with E-state index in [4.69, 9.17) is 0 Å². The highest BCUT2D eigenvalue weighted by Gasteiger charge is 2.55. The monoisotopic (exact) mass is 275 g/mol. The third-order valence-corrected chi connectivity index (χ3v) is 4.18. The minimum atomic E-state index is -1.31. The van der Waals surface area contributed by atoms with Gasteiger partial charge >= 0.3 is 5.97 Å². The van der Waals surface area contributed by atoms with Gasteiger partial charge in [0.1, 0.15) is 0 Å². The minimum absolute atomic E-state index is 0.238. The number of carbonyl (C=O) groups is 2. The predicted octanol–water partition coefficient (Wildman–Crippen LogP) is 2.55. The van der Waals surface area contributed by atoms with Crippen LogP contribution < -0.4 is 5.32 Å². The molecule has 4 heteroatoms. The summed E-state index contributed by atoms with van der Waals surface area (Å²) in [7, 11) is 0. The zero-order valence-electron chi connectivity index (χ0n) is 11.8. The molecule has 108 valence electrons. The summed E-state index contributed by atoms with van der Waals surface area (Å²) in [6.07, 6.45) is 2.73. The lowest BCUT2D eigenvalue weighted by Crippen LogP contribution is -2.48. The molecule has 0 radical (unpaired) electrons. The van der Waals surface area contributed by atoms with Crippen molar-refractivity contribution in [3.8, 4) is 0 Å². The lowest BCUT2D eigenvalue weighted by Gasteiger charge is -2.30. The van der Waals surface area contributed by atoms with E-state index in [0.717, 1.165) is 24.8 Å². The van der Waals surface area contributed by atoms with Gasteiger partial charge in [0.15, 0.2) is 5.41 Å². The average molecular weight is 275 g/mol. The van der Waals surface area contributed by atoms with Crippen LogP contribution in [0.4, 0.5) is 0 Å². The van der Waals surface area contributed by atoms with Gasteiger partial charge in [0, 0.05) is 12.5 Å². The number of carboxylic acid groups (broad SMARTS) is 1. The van der Waals surface area contributed by atoms with Gasteiger partial charge in [-0.1, -0.05) is 43.7 Å².